The van der Waals surface area contributed by atoms with Crippen LogP contribution in [0.4, 0.5) is 0 Å². The van der Waals surface area contributed by atoms with Crippen LogP contribution in [-0.4, -0.2) is 30.8 Å². The van der Waals surface area contributed by atoms with Crippen LogP contribution in [0.25, 0.3) is 0 Å². The lowest BCUT2D eigenvalue weighted by molar-refractivity contribution is 0.410. The lowest BCUT2D eigenvalue weighted by Gasteiger charge is -2.21. The van der Waals surface area contributed by atoms with Crippen molar-refractivity contribution >= 4 is 27.2 Å². The number of nitrogens with two attached hydrogens (primary N) is 1. The van der Waals surface area contributed by atoms with E-state index in [9.17, 15) is 8.42 Å². The van der Waals surface area contributed by atoms with Gasteiger partial charge in [-0.15, -0.1) is 0 Å². The molecular weight excluding hydrogens is 292 g/mol. The molecule has 0 aliphatic heterocycles. The van der Waals surface area contributed by atoms with E-state index in [0.717, 1.165) is 18.4 Å². The second kappa shape index (κ2) is 7.71. The Morgan fingerprint density at radius 2 is 1.65 bits per heavy atom. The van der Waals surface area contributed by atoms with Crippen molar-refractivity contribution in [2.24, 2.45) is 5.73 Å². The minimum Gasteiger partial charge on any atom is -0.393 e. The molecule has 0 atom stereocenters. The summed E-state index contributed by atoms with van der Waals surface area (Å²) in [6.45, 7) is 5.04. The van der Waals surface area contributed by atoms with Gasteiger partial charge in [0.15, 0.2) is 0 Å². The molecule has 0 saturated carbocycles. The Morgan fingerprint density at radius 1 is 1.15 bits per heavy atom. The lowest BCUT2D eigenvalue weighted by Crippen LogP contribution is -2.32. The van der Waals surface area contributed by atoms with Crippen LogP contribution in [0.2, 0.25) is 0 Å². The van der Waals surface area contributed by atoms with Crippen LogP contribution in [0.5, 0.6) is 0 Å². The Kier molecular flexibility index (Phi) is 6.58. The van der Waals surface area contributed by atoms with Crippen LogP contribution in [-0.2, 0) is 16.4 Å². The van der Waals surface area contributed by atoms with Gasteiger partial charge < -0.3 is 5.73 Å². The SMILES string of the molecule is CCCN(CCC)S(=O)(=O)c1ccc(CC(N)=S)cc1. The number of hydrogen-bond acceptors (Lipinski definition) is 3. The number of hydrogen-bond donors (Lipinski definition) is 1. The van der Waals surface area contributed by atoms with E-state index in [4.69, 9.17) is 18.0 Å². The van der Waals surface area contributed by atoms with Gasteiger partial charge in [0.05, 0.1) is 9.88 Å². The Hall–Kier alpha value is -0.980. The Bertz CT molecular complexity index is 533. The van der Waals surface area contributed by atoms with Gasteiger partial charge in [0.1, 0.15) is 0 Å². The molecule has 2 N–H and O–H groups in total. The molecule has 1 rings (SSSR count). The molecule has 0 aliphatic carbocycles. The highest BCUT2D eigenvalue weighted by atomic mass is 32.2. The van der Waals surface area contributed by atoms with Gasteiger partial charge in [-0.05, 0) is 30.5 Å². The summed E-state index contributed by atoms with van der Waals surface area (Å²) in [5.41, 5.74) is 6.41. The van der Waals surface area contributed by atoms with Gasteiger partial charge in [0.25, 0.3) is 0 Å². The van der Waals surface area contributed by atoms with Gasteiger partial charge in [-0.1, -0.05) is 38.2 Å². The topological polar surface area (TPSA) is 63.4 Å². The highest BCUT2D eigenvalue weighted by molar-refractivity contribution is 7.89. The first-order chi connectivity index (χ1) is 9.41. The number of thiocarbonyl (C=S) groups is 1. The quantitative estimate of drug-likeness (QED) is 0.748. The summed E-state index contributed by atoms with van der Waals surface area (Å²) < 4.78 is 26.6. The molecule has 0 fully saturated rings. The van der Waals surface area contributed by atoms with Crippen molar-refractivity contribution in [2.45, 2.75) is 38.0 Å². The lowest BCUT2D eigenvalue weighted by atomic mass is 10.1. The van der Waals surface area contributed by atoms with Crippen molar-refractivity contribution in [3.8, 4) is 0 Å². The van der Waals surface area contributed by atoms with E-state index in [1.807, 2.05) is 13.8 Å². The van der Waals surface area contributed by atoms with Crippen LogP contribution >= 0.6 is 12.2 Å². The maximum Gasteiger partial charge on any atom is 0.243 e. The molecule has 0 unspecified atom stereocenters. The number of benzene rings is 1. The fraction of sp³-hybridized carbons (Fsp3) is 0.500. The molecule has 1 aromatic carbocycles. The molecule has 0 aromatic heterocycles. The molecule has 0 heterocycles. The Morgan fingerprint density at radius 3 is 2.05 bits per heavy atom. The number of rotatable bonds is 8. The average Bonchev–Trinajstić information content (AvgIpc) is 2.38. The van der Waals surface area contributed by atoms with E-state index >= 15 is 0 Å². The number of nitrogens with zero attached hydrogens (tertiary/aromatic N) is 1. The van der Waals surface area contributed by atoms with Crippen LogP contribution in [0, 0.1) is 0 Å². The van der Waals surface area contributed by atoms with Gasteiger partial charge in [-0.25, -0.2) is 8.42 Å². The second-order valence-electron chi connectivity index (χ2n) is 4.69. The molecule has 4 nitrogen and oxygen atoms in total. The zero-order chi connectivity index (χ0) is 15.2. The highest BCUT2D eigenvalue weighted by Crippen LogP contribution is 2.17. The van der Waals surface area contributed by atoms with Crippen LogP contribution < -0.4 is 5.73 Å². The average molecular weight is 314 g/mol. The van der Waals surface area contributed by atoms with Gasteiger partial charge in [-0.2, -0.15) is 4.31 Å². The third kappa shape index (κ3) is 4.54. The van der Waals surface area contributed by atoms with E-state index in [-0.39, 0.29) is 0 Å². The summed E-state index contributed by atoms with van der Waals surface area (Å²) in [5, 5.41) is 0. The fourth-order valence-corrected chi connectivity index (χ4v) is 3.77. The van der Waals surface area contributed by atoms with Crippen molar-refractivity contribution in [2.75, 3.05) is 13.1 Å². The first-order valence-corrected chi connectivity index (χ1v) is 8.64. The van der Waals surface area contributed by atoms with Crippen LogP contribution in [0.3, 0.4) is 0 Å². The van der Waals surface area contributed by atoms with Gasteiger partial charge in [0, 0.05) is 19.5 Å². The summed E-state index contributed by atoms with van der Waals surface area (Å²) in [4.78, 5) is 0.727. The predicted molar refractivity (Wildman–Crippen MR) is 86.3 cm³/mol. The fourth-order valence-electron chi connectivity index (χ4n) is 1.98. The molecule has 112 valence electrons. The normalized spacial score (nSPS) is 11.8. The Labute approximate surface area is 127 Å². The zero-order valence-corrected chi connectivity index (χ0v) is 13.6. The molecular formula is C14H22N2O2S2. The summed E-state index contributed by atoms with van der Waals surface area (Å²) >= 11 is 4.85. The molecule has 1 aromatic rings. The third-order valence-electron chi connectivity index (χ3n) is 2.89. The smallest absolute Gasteiger partial charge is 0.243 e. The molecule has 0 bridgehead atoms. The second-order valence-corrected chi connectivity index (χ2v) is 7.15. The molecule has 6 heteroatoms. The Balaban J connectivity index is 2.98. The molecule has 0 saturated heterocycles. The van der Waals surface area contributed by atoms with E-state index in [1.165, 1.54) is 4.31 Å². The molecule has 0 spiro atoms. The van der Waals surface area contributed by atoms with Crippen molar-refractivity contribution in [1.29, 1.82) is 0 Å². The van der Waals surface area contributed by atoms with Crippen LogP contribution in [0.15, 0.2) is 29.2 Å². The first kappa shape index (κ1) is 17.1. The summed E-state index contributed by atoms with van der Waals surface area (Å²) in [5.74, 6) is 0. The van der Waals surface area contributed by atoms with Crippen molar-refractivity contribution in [1.82, 2.24) is 4.31 Å². The van der Waals surface area contributed by atoms with E-state index < -0.39 is 10.0 Å². The molecule has 0 aliphatic rings. The largest absolute Gasteiger partial charge is 0.393 e. The van der Waals surface area contributed by atoms with Crippen molar-refractivity contribution in [3.05, 3.63) is 29.8 Å². The van der Waals surface area contributed by atoms with E-state index in [1.54, 1.807) is 24.3 Å². The maximum atomic E-state index is 12.5. The van der Waals surface area contributed by atoms with E-state index in [0.29, 0.717) is 29.4 Å². The molecule has 20 heavy (non-hydrogen) atoms. The maximum absolute atomic E-state index is 12.5. The van der Waals surface area contributed by atoms with Gasteiger partial charge in [-0.3, -0.25) is 0 Å². The molecule has 0 amide bonds. The number of sulfonamides is 1. The van der Waals surface area contributed by atoms with Crippen molar-refractivity contribution < 1.29 is 8.42 Å². The third-order valence-corrected chi connectivity index (χ3v) is 4.94. The zero-order valence-electron chi connectivity index (χ0n) is 12.0. The summed E-state index contributed by atoms with van der Waals surface area (Å²) in [7, 11) is -3.40. The van der Waals surface area contributed by atoms with Crippen molar-refractivity contribution in [3.63, 3.8) is 0 Å². The summed E-state index contributed by atoms with van der Waals surface area (Å²) in [6, 6.07) is 6.78. The van der Waals surface area contributed by atoms with E-state index in [2.05, 4.69) is 0 Å². The standard InChI is InChI=1S/C14H22N2O2S2/c1-3-9-16(10-4-2)20(17,18)13-7-5-12(6-8-13)11-14(15)19/h5-8H,3-4,9-11H2,1-2H3,(H2,15,19). The summed E-state index contributed by atoms with van der Waals surface area (Å²) in [6.07, 6.45) is 2.10. The van der Waals surface area contributed by atoms with Gasteiger partial charge >= 0.3 is 0 Å². The van der Waals surface area contributed by atoms with Gasteiger partial charge in [0.2, 0.25) is 10.0 Å². The minimum atomic E-state index is -3.40. The first-order valence-electron chi connectivity index (χ1n) is 6.79. The molecule has 0 radical (unpaired) electrons. The monoisotopic (exact) mass is 314 g/mol. The van der Waals surface area contributed by atoms with Crippen LogP contribution in [0.1, 0.15) is 32.3 Å². The highest BCUT2D eigenvalue weighted by Gasteiger charge is 2.22. The minimum absolute atomic E-state index is 0.325. The predicted octanol–water partition coefficient (Wildman–Crippen LogP) is 2.33.